The van der Waals surface area contributed by atoms with Crippen molar-refractivity contribution in [3.8, 4) is 6.01 Å². The van der Waals surface area contributed by atoms with Crippen LogP contribution in [0.2, 0.25) is 0 Å². The van der Waals surface area contributed by atoms with Crippen molar-refractivity contribution in [3.63, 3.8) is 0 Å². The van der Waals surface area contributed by atoms with Gasteiger partial charge in [0.2, 0.25) is 11.9 Å². The van der Waals surface area contributed by atoms with Gasteiger partial charge >= 0.3 is 6.01 Å². The predicted molar refractivity (Wildman–Crippen MR) is 63.9 cm³/mol. The van der Waals surface area contributed by atoms with E-state index in [4.69, 9.17) is 10.5 Å². The number of nitrogens with zero attached hydrogens (tertiary/aromatic N) is 6. The molecule has 0 unspecified atom stereocenters. The summed E-state index contributed by atoms with van der Waals surface area (Å²) in [5.41, 5.74) is 5.51. The minimum atomic E-state index is 0.126. The van der Waals surface area contributed by atoms with E-state index in [1.807, 2.05) is 6.20 Å². The molecule has 0 saturated carbocycles. The molecular weight excluding hydrogens is 236 g/mol. The Kier molecular flexibility index (Phi) is 3.84. The quantitative estimate of drug-likeness (QED) is 0.662. The van der Waals surface area contributed by atoms with Crippen molar-refractivity contribution in [3.05, 3.63) is 12.4 Å². The van der Waals surface area contributed by atoms with Crippen LogP contribution in [-0.4, -0.2) is 43.6 Å². The van der Waals surface area contributed by atoms with Gasteiger partial charge < -0.3 is 15.8 Å². The van der Waals surface area contributed by atoms with Crippen LogP contribution in [0.3, 0.4) is 0 Å². The molecule has 0 spiro atoms. The Bertz CT molecular complexity index is 485. The average molecular weight is 250 g/mol. The third kappa shape index (κ3) is 3.27. The van der Waals surface area contributed by atoms with Crippen LogP contribution in [-0.2, 0) is 6.54 Å². The number of nitrogens with two attached hydrogens (primary N) is 1. The third-order valence-corrected chi connectivity index (χ3v) is 2.13. The molecule has 2 aromatic heterocycles. The Morgan fingerprint density at radius 2 is 2.28 bits per heavy atom. The van der Waals surface area contributed by atoms with E-state index in [2.05, 4.69) is 30.6 Å². The number of aryl methyl sites for hydroxylation is 1. The summed E-state index contributed by atoms with van der Waals surface area (Å²) < 4.78 is 6.65. The largest absolute Gasteiger partial charge is 0.467 e. The standard InChI is InChI=1S/C9H14N8O/c1-18-9-14-7(10)13-8(15-9)11-3-2-5-17-6-4-12-16-17/h4,6H,2-3,5H2,1H3,(H3,10,11,13,14,15). The molecule has 0 aliphatic carbocycles. The number of aromatic nitrogens is 6. The minimum absolute atomic E-state index is 0.126. The van der Waals surface area contributed by atoms with Gasteiger partial charge in [-0.1, -0.05) is 5.21 Å². The van der Waals surface area contributed by atoms with Crippen LogP contribution in [0.25, 0.3) is 0 Å². The first-order chi connectivity index (χ1) is 8.78. The van der Waals surface area contributed by atoms with Crippen LogP contribution in [0.4, 0.5) is 11.9 Å². The molecule has 2 heterocycles. The zero-order valence-electron chi connectivity index (χ0n) is 9.94. The normalized spacial score (nSPS) is 10.3. The van der Waals surface area contributed by atoms with E-state index in [0.717, 1.165) is 13.0 Å². The maximum absolute atomic E-state index is 5.51. The number of ether oxygens (including phenoxy) is 1. The Morgan fingerprint density at radius 3 is 3.00 bits per heavy atom. The summed E-state index contributed by atoms with van der Waals surface area (Å²) in [7, 11) is 1.48. The topological polar surface area (TPSA) is 117 Å². The van der Waals surface area contributed by atoms with Gasteiger partial charge in [-0.3, -0.25) is 4.68 Å². The fraction of sp³-hybridized carbons (Fsp3) is 0.444. The highest BCUT2D eigenvalue weighted by Crippen LogP contribution is 2.07. The van der Waals surface area contributed by atoms with Crippen LogP contribution >= 0.6 is 0 Å². The zero-order valence-corrected chi connectivity index (χ0v) is 9.94. The van der Waals surface area contributed by atoms with Gasteiger partial charge in [-0.2, -0.15) is 15.0 Å². The van der Waals surface area contributed by atoms with Gasteiger partial charge in [-0.05, 0) is 6.42 Å². The monoisotopic (exact) mass is 250 g/mol. The SMILES string of the molecule is COc1nc(N)nc(NCCCn2ccnn2)n1. The summed E-state index contributed by atoms with van der Waals surface area (Å²) >= 11 is 0. The lowest BCUT2D eigenvalue weighted by Crippen LogP contribution is -2.11. The van der Waals surface area contributed by atoms with E-state index in [1.54, 1.807) is 10.9 Å². The second-order valence-corrected chi connectivity index (χ2v) is 3.45. The molecule has 9 nitrogen and oxygen atoms in total. The minimum Gasteiger partial charge on any atom is -0.467 e. The first-order valence-electron chi connectivity index (χ1n) is 5.41. The van der Waals surface area contributed by atoms with Gasteiger partial charge in [0.05, 0.1) is 13.3 Å². The summed E-state index contributed by atoms with van der Waals surface area (Å²) in [6.07, 6.45) is 4.31. The molecule has 9 heteroatoms. The maximum atomic E-state index is 5.51. The summed E-state index contributed by atoms with van der Waals surface area (Å²) in [5.74, 6) is 0.526. The molecule has 2 aromatic rings. The molecule has 18 heavy (non-hydrogen) atoms. The molecule has 96 valence electrons. The number of rotatable bonds is 6. The number of nitrogen functional groups attached to an aromatic ring is 1. The number of hydrogen-bond donors (Lipinski definition) is 2. The van der Waals surface area contributed by atoms with Crippen LogP contribution in [0.15, 0.2) is 12.4 Å². The Balaban J connectivity index is 1.81. The lowest BCUT2D eigenvalue weighted by Gasteiger charge is -2.06. The van der Waals surface area contributed by atoms with Crippen molar-refractivity contribution in [1.82, 2.24) is 29.9 Å². The lowest BCUT2D eigenvalue weighted by atomic mass is 10.4. The van der Waals surface area contributed by atoms with E-state index < -0.39 is 0 Å². The fourth-order valence-electron chi connectivity index (χ4n) is 1.34. The first-order valence-corrected chi connectivity index (χ1v) is 5.41. The second-order valence-electron chi connectivity index (χ2n) is 3.45. The number of anilines is 2. The van der Waals surface area contributed by atoms with E-state index in [1.165, 1.54) is 7.11 Å². The van der Waals surface area contributed by atoms with Gasteiger partial charge in [0.1, 0.15) is 0 Å². The predicted octanol–water partition coefficient (Wildman–Crippen LogP) is -0.444. The smallest absolute Gasteiger partial charge is 0.322 e. The lowest BCUT2D eigenvalue weighted by molar-refractivity contribution is 0.379. The summed E-state index contributed by atoms with van der Waals surface area (Å²) in [6, 6.07) is 0.196. The first kappa shape index (κ1) is 12.0. The zero-order chi connectivity index (χ0) is 12.8. The van der Waals surface area contributed by atoms with Crippen LogP contribution in [0.1, 0.15) is 6.42 Å². The van der Waals surface area contributed by atoms with Crippen molar-refractivity contribution in [2.45, 2.75) is 13.0 Å². The molecule has 0 atom stereocenters. The van der Waals surface area contributed by atoms with Crippen LogP contribution in [0, 0.1) is 0 Å². The molecular formula is C9H14N8O. The maximum Gasteiger partial charge on any atom is 0.322 e. The fourth-order valence-corrected chi connectivity index (χ4v) is 1.34. The molecule has 3 N–H and O–H groups in total. The Hall–Kier alpha value is -2.45. The Labute approximate surface area is 103 Å². The van der Waals surface area contributed by atoms with E-state index in [9.17, 15) is 0 Å². The highest BCUT2D eigenvalue weighted by molar-refractivity contribution is 5.32. The van der Waals surface area contributed by atoms with E-state index in [0.29, 0.717) is 12.5 Å². The molecule has 0 aliphatic rings. The van der Waals surface area contributed by atoms with Crippen molar-refractivity contribution in [2.75, 3.05) is 24.7 Å². The summed E-state index contributed by atoms with van der Waals surface area (Å²) in [5, 5.41) is 10.6. The van der Waals surface area contributed by atoms with Gasteiger partial charge in [0.15, 0.2) is 0 Å². The average Bonchev–Trinajstić information content (AvgIpc) is 2.87. The van der Waals surface area contributed by atoms with Crippen molar-refractivity contribution in [2.24, 2.45) is 0 Å². The van der Waals surface area contributed by atoms with Gasteiger partial charge in [-0.15, -0.1) is 5.10 Å². The molecule has 0 aromatic carbocycles. The second kappa shape index (κ2) is 5.75. The van der Waals surface area contributed by atoms with Crippen molar-refractivity contribution < 1.29 is 4.74 Å². The van der Waals surface area contributed by atoms with Gasteiger partial charge in [-0.25, -0.2) is 0 Å². The van der Waals surface area contributed by atoms with Gasteiger partial charge in [0.25, 0.3) is 0 Å². The summed E-state index contributed by atoms with van der Waals surface area (Å²) in [4.78, 5) is 11.8. The molecule has 0 saturated heterocycles. The van der Waals surface area contributed by atoms with Crippen molar-refractivity contribution in [1.29, 1.82) is 0 Å². The Morgan fingerprint density at radius 1 is 1.39 bits per heavy atom. The van der Waals surface area contributed by atoms with Crippen molar-refractivity contribution >= 4 is 11.9 Å². The highest BCUT2D eigenvalue weighted by atomic mass is 16.5. The third-order valence-electron chi connectivity index (χ3n) is 2.13. The molecule has 2 rings (SSSR count). The number of hydrogen-bond acceptors (Lipinski definition) is 8. The molecule has 0 fully saturated rings. The van der Waals surface area contributed by atoms with E-state index >= 15 is 0 Å². The highest BCUT2D eigenvalue weighted by Gasteiger charge is 2.03. The molecule has 0 radical (unpaired) electrons. The number of nitrogens with one attached hydrogen (secondary N) is 1. The van der Waals surface area contributed by atoms with Crippen LogP contribution < -0.4 is 15.8 Å². The van der Waals surface area contributed by atoms with Crippen LogP contribution in [0.5, 0.6) is 6.01 Å². The van der Waals surface area contributed by atoms with E-state index in [-0.39, 0.29) is 12.0 Å². The number of methoxy groups -OCH3 is 1. The van der Waals surface area contributed by atoms with Gasteiger partial charge in [0, 0.05) is 19.3 Å². The summed E-state index contributed by atoms with van der Waals surface area (Å²) in [6.45, 7) is 1.46. The molecule has 0 bridgehead atoms. The molecule has 0 aliphatic heterocycles. The molecule has 0 amide bonds.